The normalized spacial score (nSPS) is 13.6. The van der Waals surface area contributed by atoms with E-state index in [1.54, 1.807) is 0 Å². The van der Waals surface area contributed by atoms with Crippen LogP contribution in [0.15, 0.2) is 306 Å². The lowest BCUT2D eigenvalue weighted by molar-refractivity contribution is 0.410. The Labute approximate surface area is 593 Å². The van der Waals surface area contributed by atoms with Crippen LogP contribution in [-0.4, -0.2) is 47.1 Å². The minimum Gasteiger partial charge on any atom is -0.423 e. The van der Waals surface area contributed by atoms with Crippen molar-refractivity contribution in [2.45, 2.75) is 33.6 Å². The second-order valence-electron chi connectivity index (χ2n) is 25.4. The van der Waals surface area contributed by atoms with E-state index < -0.39 is 7.12 Å². The zero-order valence-corrected chi connectivity index (χ0v) is 58.0. The highest BCUT2D eigenvalue weighted by molar-refractivity contribution is 9.11. The van der Waals surface area contributed by atoms with Crippen molar-refractivity contribution >= 4 is 88.1 Å². The molecule has 2 N–H and O–H groups in total. The van der Waals surface area contributed by atoms with Gasteiger partial charge in [0.1, 0.15) is 0 Å². The van der Waals surface area contributed by atoms with E-state index in [-0.39, 0.29) is 11.8 Å². The number of hydrogen-bond acceptors (Lipinski definition) is 8. The van der Waals surface area contributed by atoms with E-state index in [9.17, 15) is 10.0 Å². The van der Waals surface area contributed by atoms with Crippen molar-refractivity contribution in [2.75, 3.05) is 0 Å². The van der Waals surface area contributed by atoms with E-state index in [4.69, 9.17) is 29.9 Å². The summed E-state index contributed by atoms with van der Waals surface area (Å²) in [6.45, 7) is 8.33. The fourth-order valence-electron chi connectivity index (χ4n) is 13.4. The molecule has 15 aromatic rings. The molecule has 2 heterocycles. The molecule has 2 unspecified atom stereocenters. The summed E-state index contributed by atoms with van der Waals surface area (Å²) in [5.41, 5.74) is 18.0. The predicted molar refractivity (Wildman–Crippen MR) is 417 cm³/mol. The van der Waals surface area contributed by atoms with Crippen molar-refractivity contribution in [3.63, 3.8) is 0 Å². The molecule has 17 rings (SSSR count). The number of nitrogens with zero attached hydrogens (tertiary/aromatic N) is 6. The van der Waals surface area contributed by atoms with Crippen LogP contribution in [0.2, 0.25) is 0 Å². The molecule has 0 saturated heterocycles. The van der Waals surface area contributed by atoms with E-state index in [0.29, 0.717) is 40.4 Å². The Balaban J connectivity index is 0.000000146. The van der Waals surface area contributed by atoms with Gasteiger partial charge in [0.2, 0.25) is 0 Å². The molecule has 0 bridgehead atoms. The van der Waals surface area contributed by atoms with Gasteiger partial charge in [-0.3, -0.25) is 0 Å². The minimum atomic E-state index is -1.38. The van der Waals surface area contributed by atoms with Crippen molar-refractivity contribution in [3.05, 3.63) is 339 Å². The Morgan fingerprint density at radius 2 is 0.626 bits per heavy atom. The first-order valence-electron chi connectivity index (χ1n) is 33.1. The van der Waals surface area contributed by atoms with Crippen LogP contribution in [-0.2, 0) is 0 Å². The van der Waals surface area contributed by atoms with Crippen LogP contribution in [0.25, 0.3) is 140 Å². The Kier molecular flexibility index (Phi) is 18.1. The first-order chi connectivity index (χ1) is 48.3. The van der Waals surface area contributed by atoms with Gasteiger partial charge in [0.25, 0.3) is 0 Å². The maximum atomic E-state index is 9.47. The van der Waals surface area contributed by atoms with Crippen LogP contribution in [0.1, 0.15) is 39.3 Å². The topological polar surface area (TPSA) is 118 Å². The average Bonchev–Trinajstić information content (AvgIpc) is 0.756. The standard InChI is InChI=1S/C51H35N3.C23H17Br2N3.C14H13BO2/c1-32-19-23-34(24-20-32)49-52-50(35-25-21-33(2)22-26-35)54-51(53-49)40-28-38(47-30-36-11-3-5-13-41(36)43-15-7-9-17-45(43)47)27-39(29-40)48-31-37-12-4-6-14-42(37)44-16-8-10-18-46(44)48;1-14-3-7-16(8-4-14)21-26-22(17-9-5-15(2)6-10-17)28-23(27-21)18-11-19(24)13-20(25)12-18;16-15(17)14-9-10-5-1-2-6-11(10)12-7-3-4-8-13(12)14/h3-31H,1-2H3;3-13H,1-2H3;1-9,12-13,16-17H. The number of aromatic nitrogens is 6. The predicted octanol–water partition coefficient (Wildman–Crippen LogP) is 22.4. The molecule has 8 nitrogen and oxygen atoms in total. The summed E-state index contributed by atoms with van der Waals surface area (Å²) < 4.78 is 1.93. The van der Waals surface area contributed by atoms with E-state index in [2.05, 4.69) is 272 Å². The number of fused-ring (bicyclic) bond motifs is 9. The Morgan fingerprint density at radius 3 is 1.03 bits per heavy atom. The largest absolute Gasteiger partial charge is 0.484 e. The highest BCUT2D eigenvalue weighted by atomic mass is 79.9. The molecule has 2 aliphatic carbocycles. The smallest absolute Gasteiger partial charge is 0.423 e. The van der Waals surface area contributed by atoms with Gasteiger partial charge < -0.3 is 10.0 Å². The number of hydrogen-bond donors (Lipinski definition) is 2. The zero-order valence-electron chi connectivity index (χ0n) is 54.9. The van der Waals surface area contributed by atoms with Crippen LogP contribution in [0, 0.1) is 33.6 Å². The average molecular weight is 1410 g/mol. The lowest BCUT2D eigenvalue weighted by atomic mass is 9.61. The minimum absolute atomic E-state index is 0.0647. The van der Waals surface area contributed by atoms with Gasteiger partial charge in [-0.1, -0.05) is 303 Å². The highest BCUT2D eigenvalue weighted by Crippen LogP contribution is 2.44. The second-order valence-corrected chi connectivity index (χ2v) is 27.2. The highest BCUT2D eigenvalue weighted by Gasteiger charge is 2.34. The molecule has 0 spiro atoms. The Bertz CT molecular complexity index is 5390. The number of aryl methyl sites for hydroxylation is 4. The maximum Gasteiger partial charge on any atom is 0.484 e. The molecule has 13 aromatic carbocycles. The third-order valence-electron chi connectivity index (χ3n) is 18.5. The molecule has 0 aliphatic heterocycles. The molecule has 0 saturated carbocycles. The summed E-state index contributed by atoms with van der Waals surface area (Å²) >= 11 is 7.10. The molecular formula is C88H65BBr2N6O2. The summed E-state index contributed by atoms with van der Waals surface area (Å²) in [5, 5.41) is 28.7. The zero-order chi connectivity index (χ0) is 67.7. The summed E-state index contributed by atoms with van der Waals surface area (Å²) in [5.74, 6) is 4.18. The van der Waals surface area contributed by atoms with E-state index in [0.717, 1.165) is 59.0 Å². The molecule has 11 heteroatoms. The first kappa shape index (κ1) is 64.1. The molecule has 0 fully saturated rings. The second kappa shape index (κ2) is 27.9. The SMILES string of the molecule is Cc1ccc(-c2nc(-c3ccc(C)cc3)nc(-c3cc(-c4cc5ccccc5c5ccccc45)cc(-c4cc5ccccc5c5ccccc45)c3)n2)cc1.Cc1ccc(-c2nc(-c3ccc(C)cc3)nc(-c3cc(Br)cc(Br)c3)n2)cc1.OB(O)C1=Cc2ccccc2C2C=CC=CC12. The lowest BCUT2D eigenvalue weighted by Gasteiger charge is -2.32. The maximum absolute atomic E-state index is 9.47. The third-order valence-corrected chi connectivity index (χ3v) is 19.4. The number of rotatable bonds is 9. The Hall–Kier alpha value is -10.9. The van der Waals surface area contributed by atoms with Gasteiger partial charge in [-0.2, -0.15) is 0 Å². The van der Waals surface area contributed by atoms with E-state index >= 15 is 0 Å². The van der Waals surface area contributed by atoms with Gasteiger partial charge >= 0.3 is 7.12 Å². The molecule has 0 amide bonds. The van der Waals surface area contributed by atoms with Crippen LogP contribution >= 0.6 is 31.9 Å². The van der Waals surface area contributed by atoms with Crippen LogP contribution in [0.3, 0.4) is 0 Å². The van der Waals surface area contributed by atoms with Crippen LogP contribution in [0.5, 0.6) is 0 Å². The van der Waals surface area contributed by atoms with Crippen molar-refractivity contribution in [3.8, 4) is 90.6 Å². The first-order valence-corrected chi connectivity index (χ1v) is 34.6. The van der Waals surface area contributed by atoms with Crippen molar-refractivity contribution < 1.29 is 10.0 Å². The molecule has 2 aliphatic rings. The molecule has 2 aromatic heterocycles. The monoisotopic (exact) mass is 1410 g/mol. The van der Waals surface area contributed by atoms with Crippen molar-refractivity contribution in [1.29, 1.82) is 0 Å². The van der Waals surface area contributed by atoms with Crippen LogP contribution < -0.4 is 0 Å². The summed E-state index contributed by atoms with van der Waals surface area (Å²) in [6, 6.07) is 93.8. The van der Waals surface area contributed by atoms with E-state index in [1.807, 2.05) is 85.0 Å². The third kappa shape index (κ3) is 13.6. The van der Waals surface area contributed by atoms with Crippen LogP contribution in [0.4, 0.5) is 0 Å². The summed E-state index contributed by atoms with van der Waals surface area (Å²) in [7, 11) is -1.38. The van der Waals surface area contributed by atoms with Crippen molar-refractivity contribution in [2.24, 2.45) is 5.92 Å². The van der Waals surface area contributed by atoms with Gasteiger partial charge in [-0.05, 0) is 158 Å². The van der Waals surface area contributed by atoms with Gasteiger partial charge in [0.15, 0.2) is 34.9 Å². The number of benzene rings is 13. The van der Waals surface area contributed by atoms with E-state index in [1.165, 1.54) is 82.0 Å². The quantitative estimate of drug-likeness (QED) is 0.108. The lowest BCUT2D eigenvalue weighted by Crippen LogP contribution is -2.28. The van der Waals surface area contributed by atoms with Crippen molar-refractivity contribution in [1.82, 2.24) is 29.9 Å². The fraction of sp³-hybridized carbons (Fsp3) is 0.0682. The molecule has 2 atom stereocenters. The van der Waals surface area contributed by atoms with Gasteiger partial charge in [0, 0.05) is 54.2 Å². The fourth-order valence-corrected chi connectivity index (χ4v) is 14.7. The molecule has 0 radical (unpaired) electrons. The number of allylic oxidation sites excluding steroid dienone is 5. The molecule has 99 heavy (non-hydrogen) atoms. The summed E-state index contributed by atoms with van der Waals surface area (Å²) in [4.78, 5) is 29.8. The molecule has 476 valence electrons. The van der Waals surface area contributed by atoms with Gasteiger partial charge in [-0.25, -0.2) is 29.9 Å². The summed E-state index contributed by atoms with van der Waals surface area (Å²) in [6.07, 6.45) is 10.0. The Morgan fingerprint density at radius 1 is 0.303 bits per heavy atom. The van der Waals surface area contributed by atoms with Gasteiger partial charge in [-0.15, -0.1) is 0 Å². The number of halogens is 2. The molecular weight excluding hydrogens is 1340 g/mol. The van der Waals surface area contributed by atoms with Gasteiger partial charge in [0.05, 0.1) is 0 Å².